The smallest absolute Gasteiger partial charge is 0.392 e. The van der Waals surface area contributed by atoms with Crippen LogP contribution >= 0.6 is 12.2 Å². The Labute approximate surface area is 113 Å². The number of ether oxygens (including phenoxy) is 1. The van der Waals surface area contributed by atoms with Crippen LogP contribution in [-0.4, -0.2) is 35.8 Å². The summed E-state index contributed by atoms with van der Waals surface area (Å²) < 4.78 is 43.7. The molecule has 0 unspecified atom stereocenters. The number of hydrogen-bond donors (Lipinski definition) is 2. The normalized spacial score (nSPS) is 24.6. The van der Waals surface area contributed by atoms with E-state index in [-0.39, 0.29) is 43.9 Å². The van der Waals surface area contributed by atoms with E-state index in [0.29, 0.717) is 0 Å². The van der Waals surface area contributed by atoms with Gasteiger partial charge in [0.05, 0.1) is 4.99 Å². The van der Waals surface area contributed by atoms with Crippen molar-refractivity contribution in [3.63, 3.8) is 0 Å². The number of nitrogens with two attached hydrogens (primary N) is 1. The lowest BCUT2D eigenvalue weighted by Gasteiger charge is -2.36. The minimum absolute atomic E-state index is 0.0636. The van der Waals surface area contributed by atoms with E-state index in [1.54, 1.807) is 0 Å². The number of halogens is 3. The minimum atomic E-state index is -4.44. The van der Waals surface area contributed by atoms with Gasteiger partial charge in [0.15, 0.2) is 0 Å². The van der Waals surface area contributed by atoms with Crippen molar-refractivity contribution in [2.24, 2.45) is 11.1 Å². The predicted octanol–water partition coefficient (Wildman–Crippen LogP) is 1.28. The summed E-state index contributed by atoms with van der Waals surface area (Å²) in [4.78, 5) is 12.2. The zero-order chi connectivity index (χ0) is 14.3. The van der Waals surface area contributed by atoms with E-state index in [1.807, 2.05) is 0 Å². The highest BCUT2D eigenvalue weighted by Gasteiger charge is 2.65. The Hall–Kier alpha value is -0.890. The maximum atomic E-state index is 12.8. The van der Waals surface area contributed by atoms with E-state index >= 15 is 0 Å². The van der Waals surface area contributed by atoms with Crippen molar-refractivity contribution < 1.29 is 22.7 Å². The molecular weight excluding hydrogens is 281 g/mol. The number of nitrogens with one attached hydrogen (secondary N) is 1. The fraction of sp³-hybridized carbons (Fsp3) is 0.818. The van der Waals surface area contributed by atoms with Crippen molar-refractivity contribution in [2.75, 3.05) is 13.2 Å². The summed E-state index contributed by atoms with van der Waals surface area (Å²) in [5, 5.41) is 2.11. The average Bonchev–Trinajstić information content (AvgIpc) is 3.10. The first-order valence-electron chi connectivity index (χ1n) is 6.01. The Bertz CT molecular complexity index is 401. The third-order valence-electron chi connectivity index (χ3n) is 3.90. The second-order valence-corrected chi connectivity index (χ2v) is 5.53. The van der Waals surface area contributed by atoms with Crippen LogP contribution in [0.1, 0.15) is 25.7 Å². The molecule has 1 heterocycles. The Morgan fingerprint density at radius 1 is 1.21 bits per heavy atom. The SMILES string of the molecule is NC(=S)C1(C(=O)NC2(C(F)(F)F)CC2)CCOCC1. The monoisotopic (exact) mass is 296 g/mol. The third kappa shape index (κ3) is 2.43. The molecule has 0 aromatic carbocycles. The maximum absolute atomic E-state index is 12.8. The largest absolute Gasteiger partial charge is 0.411 e. The lowest BCUT2D eigenvalue weighted by atomic mass is 9.79. The Morgan fingerprint density at radius 3 is 2.11 bits per heavy atom. The molecule has 3 N–H and O–H groups in total. The Kier molecular flexibility index (Phi) is 3.51. The number of thiocarbonyl (C=S) groups is 1. The summed E-state index contributed by atoms with van der Waals surface area (Å²) in [7, 11) is 0. The van der Waals surface area contributed by atoms with E-state index < -0.39 is 23.0 Å². The molecule has 1 saturated carbocycles. The summed E-state index contributed by atoms with van der Waals surface area (Å²) in [5.41, 5.74) is 2.29. The zero-order valence-electron chi connectivity index (χ0n) is 10.2. The number of amides is 1. The molecular formula is C11H15F3N2O2S. The van der Waals surface area contributed by atoms with Crippen molar-refractivity contribution in [3.8, 4) is 0 Å². The quantitative estimate of drug-likeness (QED) is 0.770. The van der Waals surface area contributed by atoms with Gasteiger partial charge in [-0.1, -0.05) is 12.2 Å². The van der Waals surface area contributed by atoms with E-state index in [2.05, 4.69) is 5.32 Å². The van der Waals surface area contributed by atoms with Crippen molar-refractivity contribution in [1.82, 2.24) is 5.32 Å². The number of hydrogen-bond acceptors (Lipinski definition) is 3. The fourth-order valence-corrected chi connectivity index (χ4v) is 2.54. The molecule has 0 aromatic rings. The summed E-state index contributed by atoms with van der Waals surface area (Å²) in [5.74, 6) is -0.724. The number of carbonyl (C=O) groups is 1. The van der Waals surface area contributed by atoms with Gasteiger partial charge in [0.1, 0.15) is 11.0 Å². The van der Waals surface area contributed by atoms with E-state index in [4.69, 9.17) is 22.7 Å². The topological polar surface area (TPSA) is 64.4 Å². The second-order valence-electron chi connectivity index (χ2n) is 5.09. The molecule has 2 rings (SSSR count). The van der Waals surface area contributed by atoms with E-state index in [0.717, 1.165) is 0 Å². The first kappa shape index (κ1) is 14.5. The van der Waals surface area contributed by atoms with E-state index in [9.17, 15) is 18.0 Å². The number of rotatable bonds is 3. The van der Waals surface area contributed by atoms with Gasteiger partial charge in [0.2, 0.25) is 5.91 Å². The molecule has 1 saturated heterocycles. The van der Waals surface area contributed by atoms with Gasteiger partial charge in [-0.2, -0.15) is 13.2 Å². The van der Waals surface area contributed by atoms with Crippen LogP contribution in [0.5, 0.6) is 0 Å². The van der Waals surface area contributed by atoms with Crippen LogP contribution in [0.25, 0.3) is 0 Å². The lowest BCUT2D eigenvalue weighted by Crippen LogP contribution is -2.58. The van der Waals surface area contributed by atoms with Gasteiger partial charge in [-0.15, -0.1) is 0 Å². The first-order valence-corrected chi connectivity index (χ1v) is 6.41. The first-order chi connectivity index (χ1) is 8.74. The van der Waals surface area contributed by atoms with Gasteiger partial charge < -0.3 is 15.8 Å². The molecule has 2 aliphatic rings. The van der Waals surface area contributed by atoms with Crippen molar-refractivity contribution in [2.45, 2.75) is 37.4 Å². The number of carbonyl (C=O) groups excluding carboxylic acids is 1. The average molecular weight is 296 g/mol. The number of alkyl halides is 3. The van der Waals surface area contributed by atoms with Gasteiger partial charge in [-0.05, 0) is 25.7 Å². The van der Waals surface area contributed by atoms with Crippen molar-refractivity contribution in [3.05, 3.63) is 0 Å². The van der Waals surface area contributed by atoms with Gasteiger partial charge in [0.25, 0.3) is 0 Å². The summed E-state index contributed by atoms with van der Waals surface area (Å²) >= 11 is 4.89. The molecule has 0 atom stereocenters. The highest BCUT2D eigenvalue weighted by atomic mass is 32.1. The van der Waals surface area contributed by atoms with Crippen molar-refractivity contribution in [1.29, 1.82) is 0 Å². The molecule has 108 valence electrons. The van der Waals surface area contributed by atoms with Crippen LogP contribution in [0, 0.1) is 5.41 Å². The summed E-state index contributed by atoms with van der Waals surface area (Å²) in [6, 6.07) is 0. The van der Waals surface area contributed by atoms with E-state index in [1.165, 1.54) is 0 Å². The highest BCUT2D eigenvalue weighted by molar-refractivity contribution is 7.80. The van der Waals surface area contributed by atoms with Crippen molar-refractivity contribution >= 4 is 23.1 Å². The van der Waals surface area contributed by atoms with Crippen LogP contribution in [0.15, 0.2) is 0 Å². The van der Waals surface area contributed by atoms with Gasteiger partial charge in [0, 0.05) is 13.2 Å². The molecule has 1 amide bonds. The van der Waals surface area contributed by atoms with Crippen LogP contribution < -0.4 is 11.1 Å². The fourth-order valence-electron chi connectivity index (χ4n) is 2.25. The molecule has 0 aromatic heterocycles. The lowest BCUT2D eigenvalue weighted by molar-refractivity contribution is -0.173. The standard InChI is InChI=1S/C11H15F3N2O2S/c12-11(13,14)10(1-2-10)16-8(17)9(7(15)19)3-5-18-6-4-9/h1-6H2,(H2,15,19)(H,16,17). The molecule has 19 heavy (non-hydrogen) atoms. The van der Waals surface area contributed by atoms with Gasteiger partial charge >= 0.3 is 6.18 Å². The molecule has 0 radical (unpaired) electrons. The second kappa shape index (κ2) is 4.59. The minimum Gasteiger partial charge on any atom is -0.392 e. The molecule has 0 spiro atoms. The predicted molar refractivity (Wildman–Crippen MR) is 65.4 cm³/mol. The molecule has 4 nitrogen and oxygen atoms in total. The van der Waals surface area contributed by atoms with Gasteiger partial charge in [-0.3, -0.25) is 4.79 Å². The third-order valence-corrected chi connectivity index (χ3v) is 4.29. The van der Waals surface area contributed by atoms with Crippen LogP contribution in [0.2, 0.25) is 0 Å². The summed E-state index contributed by atoms with van der Waals surface area (Å²) in [6.45, 7) is 0.535. The van der Waals surface area contributed by atoms with Crippen LogP contribution in [0.3, 0.4) is 0 Å². The molecule has 1 aliphatic heterocycles. The van der Waals surface area contributed by atoms with Gasteiger partial charge in [-0.25, -0.2) is 0 Å². The summed E-state index contributed by atoms with van der Waals surface area (Å²) in [6.07, 6.45) is -4.17. The maximum Gasteiger partial charge on any atom is 0.411 e. The Morgan fingerprint density at radius 2 is 1.74 bits per heavy atom. The Balaban J connectivity index is 2.16. The zero-order valence-corrected chi connectivity index (χ0v) is 11.0. The highest BCUT2D eigenvalue weighted by Crippen LogP contribution is 2.49. The molecule has 0 bridgehead atoms. The molecule has 8 heteroatoms. The van der Waals surface area contributed by atoms with Crippen LogP contribution in [0.4, 0.5) is 13.2 Å². The molecule has 1 aliphatic carbocycles. The molecule has 2 fully saturated rings. The van der Waals surface area contributed by atoms with Crippen LogP contribution in [-0.2, 0) is 9.53 Å².